The minimum Gasteiger partial charge on any atom is -0.399 e. The predicted molar refractivity (Wildman–Crippen MR) is 79.6 cm³/mol. The van der Waals surface area contributed by atoms with Crippen LogP contribution in [0.2, 0.25) is 0 Å². The average Bonchev–Trinajstić information content (AvgIpc) is 2.85. The molecule has 2 aromatic rings. The van der Waals surface area contributed by atoms with Gasteiger partial charge in [-0.1, -0.05) is 24.2 Å². The van der Waals surface area contributed by atoms with Crippen LogP contribution < -0.4 is 11.1 Å². The van der Waals surface area contributed by atoms with Crippen molar-refractivity contribution in [2.75, 3.05) is 12.3 Å². The molecule has 6 heteroatoms. The minimum atomic E-state index is 0.00978. The summed E-state index contributed by atoms with van der Waals surface area (Å²) in [7, 11) is 0. The number of carbonyl (C=O) groups excluding carboxylic acids is 1. The number of aromatic nitrogens is 2. The molecule has 0 spiro atoms. The quantitative estimate of drug-likeness (QED) is 0.791. The Kier molecular flexibility index (Phi) is 4.92. The van der Waals surface area contributed by atoms with E-state index in [1.165, 1.54) is 0 Å². The third kappa shape index (κ3) is 4.59. The van der Waals surface area contributed by atoms with Crippen LogP contribution in [0.4, 0.5) is 5.69 Å². The summed E-state index contributed by atoms with van der Waals surface area (Å²) in [5.41, 5.74) is 7.48. The molecule has 6 nitrogen and oxygen atoms in total. The number of anilines is 1. The van der Waals surface area contributed by atoms with Crippen molar-refractivity contribution in [3.8, 4) is 0 Å². The van der Waals surface area contributed by atoms with Crippen molar-refractivity contribution < 1.29 is 9.32 Å². The zero-order valence-electron chi connectivity index (χ0n) is 12.3. The zero-order chi connectivity index (χ0) is 15.2. The molecule has 1 amide bonds. The Bertz CT molecular complexity index is 592. The topological polar surface area (TPSA) is 94.0 Å². The van der Waals surface area contributed by atoms with Gasteiger partial charge in [0.25, 0.3) is 0 Å². The first-order valence-corrected chi connectivity index (χ1v) is 6.96. The van der Waals surface area contributed by atoms with Gasteiger partial charge in [-0.2, -0.15) is 4.98 Å². The minimum absolute atomic E-state index is 0.00978. The number of aryl methyl sites for hydroxylation is 1. The van der Waals surface area contributed by atoms with Crippen molar-refractivity contribution in [2.24, 2.45) is 0 Å². The van der Waals surface area contributed by atoms with Crippen molar-refractivity contribution in [2.45, 2.75) is 32.6 Å². The molecule has 0 aliphatic rings. The highest BCUT2D eigenvalue weighted by molar-refractivity contribution is 5.76. The number of amides is 1. The van der Waals surface area contributed by atoms with Crippen LogP contribution in [0, 0.1) is 6.92 Å². The fraction of sp³-hybridized carbons (Fsp3) is 0.400. The van der Waals surface area contributed by atoms with E-state index in [0.717, 1.165) is 11.3 Å². The first-order chi connectivity index (χ1) is 10.0. The highest BCUT2D eigenvalue weighted by Crippen LogP contribution is 2.19. The standard InChI is InChI=1S/C15H20N4O2/c1-10(12-3-5-13(16)6-4-12)9-14(20)17-8-7-15-18-11(2)19-21-15/h3-6,10H,7-9,16H2,1-2H3,(H,17,20). The number of nitrogens with one attached hydrogen (secondary N) is 1. The molecule has 21 heavy (non-hydrogen) atoms. The van der Waals surface area contributed by atoms with E-state index in [9.17, 15) is 4.79 Å². The summed E-state index contributed by atoms with van der Waals surface area (Å²) in [5.74, 6) is 1.31. The van der Waals surface area contributed by atoms with Crippen LogP contribution in [0.25, 0.3) is 0 Å². The maximum Gasteiger partial charge on any atom is 0.228 e. The number of hydrogen-bond acceptors (Lipinski definition) is 5. The van der Waals surface area contributed by atoms with E-state index in [1.54, 1.807) is 6.92 Å². The first-order valence-electron chi connectivity index (χ1n) is 6.96. The summed E-state index contributed by atoms with van der Waals surface area (Å²) in [4.78, 5) is 16.0. The summed E-state index contributed by atoms with van der Waals surface area (Å²) in [6.45, 7) is 4.28. The molecular weight excluding hydrogens is 268 g/mol. The lowest BCUT2D eigenvalue weighted by molar-refractivity contribution is -0.121. The lowest BCUT2D eigenvalue weighted by Crippen LogP contribution is -2.26. The first kappa shape index (κ1) is 15.0. The summed E-state index contributed by atoms with van der Waals surface area (Å²) >= 11 is 0. The van der Waals surface area contributed by atoms with Gasteiger partial charge in [0.15, 0.2) is 5.82 Å². The molecule has 0 saturated carbocycles. The molecule has 1 unspecified atom stereocenters. The van der Waals surface area contributed by atoms with E-state index < -0.39 is 0 Å². The second kappa shape index (κ2) is 6.88. The van der Waals surface area contributed by atoms with Crippen LogP contribution in [-0.2, 0) is 11.2 Å². The van der Waals surface area contributed by atoms with Crippen LogP contribution in [0.15, 0.2) is 28.8 Å². The SMILES string of the molecule is Cc1noc(CCNC(=O)CC(C)c2ccc(N)cc2)n1. The molecule has 0 fully saturated rings. The molecule has 0 aliphatic heterocycles. The maximum atomic E-state index is 11.9. The molecule has 0 radical (unpaired) electrons. The van der Waals surface area contributed by atoms with E-state index >= 15 is 0 Å². The highest BCUT2D eigenvalue weighted by atomic mass is 16.5. The van der Waals surface area contributed by atoms with Gasteiger partial charge in [-0.3, -0.25) is 4.79 Å². The predicted octanol–water partition coefficient (Wildman–Crippen LogP) is 1.81. The van der Waals surface area contributed by atoms with Crippen LogP contribution in [-0.4, -0.2) is 22.6 Å². The zero-order valence-corrected chi connectivity index (χ0v) is 12.3. The number of nitrogens with two attached hydrogens (primary N) is 1. The molecule has 1 aromatic carbocycles. The third-order valence-electron chi connectivity index (χ3n) is 3.23. The number of hydrogen-bond donors (Lipinski definition) is 2. The van der Waals surface area contributed by atoms with Crippen LogP contribution in [0.5, 0.6) is 0 Å². The van der Waals surface area contributed by atoms with Crippen molar-refractivity contribution in [1.29, 1.82) is 0 Å². The van der Waals surface area contributed by atoms with Crippen molar-refractivity contribution in [3.63, 3.8) is 0 Å². The summed E-state index contributed by atoms with van der Waals surface area (Å²) in [6.07, 6.45) is 0.982. The Balaban J connectivity index is 1.75. The van der Waals surface area contributed by atoms with Gasteiger partial charge in [0.05, 0.1) is 0 Å². The number of nitrogen functional groups attached to an aromatic ring is 1. The third-order valence-corrected chi connectivity index (χ3v) is 3.23. The van der Waals surface area contributed by atoms with Gasteiger partial charge in [-0.25, -0.2) is 0 Å². The van der Waals surface area contributed by atoms with E-state index in [1.807, 2.05) is 31.2 Å². The molecule has 2 rings (SSSR count). The van der Waals surface area contributed by atoms with Gasteiger partial charge in [-0.05, 0) is 30.5 Å². The van der Waals surface area contributed by atoms with E-state index in [0.29, 0.717) is 31.1 Å². The second-order valence-electron chi connectivity index (χ2n) is 5.11. The molecule has 1 atom stereocenters. The molecule has 1 aromatic heterocycles. The lowest BCUT2D eigenvalue weighted by atomic mass is 9.97. The summed E-state index contributed by atoms with van der Waals surface area (Å²) in [6, 6.07) is 7.60. The fourth-order valence-corrected chi connectivity index (χ4v) is 2.04. The Morgan fingerprint density at radius 2 is 2.10 bits per heavy atom. The molecule has 3 N–H and O–H groups in total. The van der Waals surface area contributed by atoms with Crippen molar-refractivity contribution in [3.05, 3.63) is 41.5 Å². The van der Waals surface area contributed by atoms with Gasteiger partial charge in [0, 0.05) is 25.1 Å². The van der Waals surface area contributed by atoms with Crippen LogP contribution >= 0.6 is 0 Å². The molecule has 112 valence electrons. The largest absolute Gasteiger partial charge is 0.399 e. The van der Waals surface area contributed by atoms with Crippen molar-refractivity contribution >= 4 is 11.6 Å². The van der Waals surface area contributed by atoms with Gasteiger partial charge in [-0.15, -0.1) is 0 Å². The number of rotatable bonds is 6. The Hall–Kier alpha value is -2.37. The Morgan fingerprint density at radius 1 is 1.38 bits per heavy atom. The smallest absolute Gasteiger partial charge is 0.228 e. The highest BCUT2D eigenvalue weighted by Gasteiger charge is 2.11. The maximum absolute atomic E-state index is 11.9. The van der Waals surface area contributed by atoms with Gasteiger partial charge >= 0.3 is 0 Å². The van der Waals surface area contributed by atoms with E-state index in [-0.39, 0.29) is 11.8 Å². The van der Waals surface area contributed by atoms with Crippen LogP contribution in [0.1, 0.15) is 36.5 Å². The van der Waals surface area contributed by atoms with Gasteiger partial charge in [0.2, 0.25) is 11.8 Å². The average molecular weight is 288 g/mol. The van der Waals surface area contributed by atoms with E-state index in [2.05, 4.69) is 15.5 Å². The van der Waals surface area contributed by atoms with Gasteiger partial charge < -0.3 is 15.6 Å². The monoisotopic (exact) mass is 288 g/mol. The molecule has 0 saturated heterocycles. The molecule has 1 heterocycles. The molecular formula is C15H20N4O2. The second-order valence-corrected chi connectivity index (χ2v) is 5.11. The summed E-state index contributed by atoms with van der Waals surface area (Å²) < 4.78 is 4.98. The van der Waals surface area contributed by atoms with Gasteiger partial charge in [0.1, 0.15) is 0 Å². The fourth-order valence-electron chi connectivity index (χ4n) is 2.04. The van der Waals surface area contributed by atoms with Crippen LogP contribution in [0.3, 0.4) is 0 Å². The number of carbonyl (C=O) groups is 1. The summed E-state index contributed by atoms with van der Waals surface area (Å²) in [5, 5.41) is 6.56. The Morgan fingerprint density at radius 3 is 2.71 bits per heavy atom. The Labute approximate surface area is 123 Å². The van der Waals surface area contributed by atoms with Crippen molar-refractivity contribution in [1.82, 2.24) is 15.5 Å². The van der Waals surface area contributed by atoms with E-state index in [4.69, 9.17) is 10.3 Å². The normalized spacial score (nSPS) is 12.1. The lowest BCUT2D eigenvalue weighted by Gasteiger charge is -2.12. The number of nitrogens with zero attached hydrogens (tertiary/aromatic N) is 2. The molecule has 0 aliphatic carbocycles. The number of benzene rings is 1. The molecule has 0 bridgehead atoms.